The van der Waals surface area contributed by atoms with Crippen molar-refractivity contribution in [2.75, 3.05) is 11.9 Å². The molecule has 2 unspecified atom stereocenters. The predicted molar refractivity (Wildman–Crippen MR) is 150 cm³/mol. The Morgan fingerprint density at radius 3 is 2.33 bits per heavy atom. The molecule has 4 nitrogen and oxygen atoms in total. The monoisotopic (exact) mass is 535 g/mol. The molecular formula is C33H39F2NO3. The second-order valence-corrected chi connectivity index (χ2v) is 11.4. The molecule has 1 aliphatic carbocycles. The molecule has 0 spiro atoms. The summed E-state index contributed by atoms with van der Waals surface area (Å²) in [7, 11) is 0. The van der Waals surface area contributed by atoms with E-state index in [-0.39, 0.29) is 24.3 Å². The van der Waals surface area contributed by atoms with Crippen molar-refractivity contribution in [3.05, 3.63) is 95.1 Å². The zero-order chi connectivity index (χ0) is 27.2. The molecule has 2 aliphatic rings. The molecule has 39 heavy (non-hydrogen) atoms. The summed E-state index contributed by atoms with van der Waals surface area (Å²) in [5.74, 6) is 0.941. The first kappa shape index (κ1) is 27.6. The molecule has 1 saturated carbocycles. The summed E-state index contributed by atoms with van der Waals surface area (Å²) in [4.78, 5) is 0. The summed E-state index contributed by atoms with van der Waals surface area (Å²) in [6, 6.07) is 19.1. The summed E-state index contributed by atoms with van der Waals surface area (Å²) in [5.41, 5.74) is 2.79. The first-order valence-corrected chi connectivity index (χ1v) is 14.2. The smallest absolute Gasteiger partial charge is 0.132 e. The molecule has 0 aromatic heterocycles. The molecule has 1 N–H and O–H groups in total. The second-order valence-electron chi connectivity index (χ2n) is 11.4. The van der Waals surface area contributed by atoms with Gasteiger partial charge in [-0.25, -0.2) is 8.78 Å². The lowest BCUT2D eigenvalue weighted by molar-refractivity contribution is -0.168. The fourth-order valence-corrected chi connectivity index (χ4v) is 5.81. The number of fused-ring (bicyclic) bond motifs is 1. The molecular weight excluding hydrogens is 496 g/mol. The fraction of sp³-hybridized carbons (Fsp3) is 0.455. The summed E-state index contributed by atoms with van der Waals surface area (Å²) < 4.78 is 47.0. The number of hydrogen-bond donors (Lipinski definition) is 1. The Balaban J connectivity index is 1.37. The van der Waals surface area contributed by atoms with Crippen molar-refractivity contribution in [2.45, 2.75) is 83.3 Å². The normalized spacial score (nSPS) is 20.7. The third-order valence-electron chi connectivity index (χ3n) is 7.90. The van der Waals surface area contributed by atoms with Crippen molar-refractivity contribution in [3.8, 4) is 5.75 Å². The highest BCUT2D eigenvalue weighted by atomic mass is 19.1. The van der Waals surface area contributed by atoms with Gasteiger partial charge < -0.3 is 19.5 Å². The number of rotatable bonds is 10. The van der Waals surface area contributed by atoms with Crippen LogP contribution < -0.4 is 10.1 Å². The number of nitrogens with one attached hydrogen (secondary N) is 1. The largest absolute Gasteiger partial charge is 0.485 e. The average Bonchev–Trinajstić information content (AvgIpc) is 2.92. The van der Waals surface area contributed by atoms with Crippen LogP contribution in [0.5, 0.6) is 5.75 Å². The molecule has 0 bridgehead atoms. The fourth-order valence-electron chi connectivity index (χ4n) is 5.81. The summed E-state index contributed by atoms with van der Waals surface area (Å²) in [5, 5.41) is 3.41. The lowest BCUT2D eigenvalue weighted by Crippen LogP contribution is -2.51. The van der Waals surface area contributed by atoms with Gasteiger partial charge in [0.25, 0.3) is 0 Å². The SMILES string of the molecule is CC1(C)Oc2ccc(NCc3cccc(F)c3)cc2C(OCCC2CCCCC2)C1OCc1cccc(F)c1. The van der Waals surface area contributed by atoms with Gasteiger partial charge in [0.2, 0.25) is 0 Å². The van der Waals surface area contributed by atoms with Crippen LogP contribution in [0.4, 0.5) is 14.5 Å². The number of hydrogen-bond acceptors (Lipinski definition) is 4. The molecule has 1 heterocycles. The predicted octanol–water partition coefficient (Wildman–Crippen LogP) is 8.36. The molecule has 3 aromatic carbocycles. The van der Waals surface area contributed by atoms with Gasteiger partial charge in [0.05, 0.1) is 6.61 Å². The van der Waals surface area contributed by atoms with Crippen molar-refractivity contribution in [3.63, 3.8) is 0 Å². The van der Waals surface area contributed by atoms with Crippen LogP contribution in [-0.4, -0.2) is 18.3 Å². The lowest BCUT2D eigenvalue weighted by Gasteiger charge is -2.44. The maximum absolute atomic E-state index is 13.8. The first-order chi connectivity index (χ1) is 18.9. The first-order valence-electron chi connectivity index (χ1n) is 14.2. The van der Waals surface area contributed by atoms with E-state index in [4.69, 9.17) is 14.2 Å². The number of anilines is 1. The van der Waals surface area contributed by atoms with E-state index >= 15 is 0 Å². The molecule has 208 valence electrons. The summed E-state index contributed by atoms with van der Waals surface area (Å²) in [6.45, 7) is 5.42. The maximum Gasteiger partial charge on any atom is 0.132 e. The van der Waals surface area contributed by atoms with Gasteiger partial charge >= 0.3 is 0 Å². The van der Waals surface area contributed by atoms with Crippen LogP contribution in [0.1, 0.15) is 75.2 Å². The Kier molecular flexibility index (Phi) is 8.83. The molecule has 3 aromatic rings. The quantitative estimate of drug-likeness (QED) is 0.283. The highest BCUT2D eigenvalue weighted by molar-refractivity contribution is 5.54. The van der Waals surface area contributed by atoms with Crippen LogP contribution in [-0.2, 0) is 22.6 Å². The number of ether oxygens (including phenoxy) is 3. The lowest BCUT2D eigenvalue weighted by atomic mass is 9.86. The molecule has 6 heteroatoms. The van der Waals surface area contributed by atoms with E-state index in [1.807, 2.05) is 44.2 Å². The Hall–Kier alpha value is -2.96. The van der Waals surface area contributed by atoms with Crippen molar-refractivity contribution >= 4 is 5.69 Å². The third kappa shape index (κ3) is 7.17. The van der Waals surface area contributed by atoms with Gasteiger partial charge in [-0.05, 0) is 79.8 Å². The highest BCUT2D eigenvalue weighted by Gasteiger charge is 2.45. The van der Waals surface area contributed by atoms with Crippen molar-refractivity contribution in [1.82, 2.24) is 0 Å². The van der Waals surface area contributed by atoms with E-state index in [1.165, 1.54) is 56.4 Å². The molecule has 1 fully saturated rings. The van der Waals surface area contributed by atoms with E-state index in [1.54, 1.807) is 12.1 Å². The van der Waals surface area contributed by atoms with Crippen LogP contribution >= 0.6 is 0 Å². The third-order valence-corrected chi connectivity index (χ3v) is 7.90. The molecule has 0 amide bonds. The highest BCUT2D eigenvalue weighted by Crippen LogP contribution is 2.45. The van der Waals surface area contributed by atoms with Crippen LogP contribution in [0.3, 0.4) is 0 Å². The zero-order valence-corrected chi connectivity index (χ0v) is 22.9. The van der Waals surface area contributed by atoms with Crippen molar-refractivity contribution < 1.29 is 23.0 Å². The van der Waals surface area contributed by atoms with E-state index in [0.717, 1.165) is 34.5 Å². The van der Waals surface area contributed by atoms with E-state index < -0.39 is 11.7 Å². The summed E-state index contributed by atoms with van der Waals surface area (Å²) in [6.07, 6.45) is 6.76. The molecule has 2 atom stereocenters. The van der Waals surface area contributed by atoms with Crippen LogP contribution in [0.15, 0.2) is 66.7 Å². The minimum absolute atomic E-state index is 0.250. The number of halogens is 2. The van der Waals surface area contributed by atoms with Gasteiger partial charge in [-0.3, -0.25) is 0 Å². The Labute approximate surface area is 230 Å². The zero-order valence-electron chi connectivity index (χ0n) is 22.9. The maximum atomic E-state index is 13.8. The molecule has 0 radical (unpaired) electrons. The molecule has 1 aliphatic heterocycles. The van der Waals surface area contributed by atoms with E-state index in [9.17, 15) is 8.78 Å². The van der Waals surface area contributed by atoms with Crippen LogP contribution in [0.2, 0.25) is 0 Å². The Morgan fingerprint density at radius 1 is 0.872 bits per heavy atom. The van der Waals surface area contributed by atoms with Crippen molar-refractivity contribution in [2.24, 2.45) is 5.92 Å². The minimum atomic E-state index is -0.660. The Morgan fingerprint density at radius 2 is 1.59 bits per heavy atom. The van der Waals surface area contributed by atoms with E-state index in [0.29, 0.717) is 19.1 Å². The van der Waals surface area contributed by atoms with Gasteiger partial charge in [-0.2, -0.15) is 0 Å². The summed E-state index contributed by atoms with van der Waals surface area (Å²) >= 11 is 0. The average molecular weight is 536 g/mol. The van der Waals surface area contributed by atoms with E-state index in [2.05, 4.69) is 5.32 Å². The van der Waals surface area contributed by atoms with Gasteiger partial charge in [0.15, 0.2) is 0 Å². The topological polar surface area (TPSA) is 39.7 Å². The molecule has 0 saturated heterocycles. The number of benzene rings is 3. The van der Waals surface area contributed by atoms with Crippen LogP contribution in [0.25, 0.3) is 0 Å². The Bertz CT molecular complexity index is 1240. The van der Waals surface area contributed by atoms with Gasteiger partial charge in [-0.15, -0.1) is 0 Å². The molecule has 5 rings (SSSR count). The minimum Gasteiger partial charge on any atom is -0.485 e. The van der Waals surface area contributed by atoms with Crippen LogP contribution in [0, 0.1) is 17.6 Å². The van der Waals surface area contributed by atoms with Crippen molar-refractivity contribution in [1.29, 1.82) is 0 Å². The second kappa shape index (κ2) is 12.5. The van der Waals surface area contributed by atoms with Gasteiger partial charge in [0.1, 0.15) is 35.2 Å². The van der Waals surface area contributed by atoms with Gasteiger partial charge in [0, 0.05) is 24.4 Å². The van der Waals surface area contributed by atoms with Gasteiger partial charge in [-0.1, -0.05) is 56.4 Å². The standard InChI is InChI=1S/C33H39F2NO3/c1-33(2)32(38-22-25-11-7-13-27(35)19-25)31(37-17-16-23-8-4-3-5-9-23)29-20-28(14-15-30(29)39-33)36-21-24-10-6-12-26(34)18-24/h6-7,10-15,18-20,23,31-32,36H,3-5,8-9,16-17,21-22H2,1-2H3.